The highest BCUT2D eigenvalue weighted by molar-refractivity contribution is 5.75. The standard InChI is InChI=1S/C10H13FN2O2/c1-2-15-10(14)8(12)5-7-3-4-9(11)13-6-7/h3-4,6,8H,2,5,12H2,1H3. The van der Waals surface area contributed by atoms with Gasteiger partial charge >= 0.3 is 5.97 Å². The van der Waals surface area contributed by atoms with Crippen molar-refractivity contribution < 1.29 is 13.9 Å². The molecule has 15 heavy (non-hydrogen) atoms. The Morgan fingerprint density at radius 3 is 2.93 bits per heavy atom. The maximum absolute atomic E-state index is 12.5. The first kappa shape index (κ1) is 11.6. The number of esters is 1. The van der Waals surface area contributed by atoms with Gasteiger partial charge in [0.1, 0.15) is 6.04 Å². The molecule has 0 spiro atoms. The Labute approximate surface area is 87.3 Å². The van der Waals surface area contributed by atoms with Gasteiger partial charge < -0.3 is 10.5 Å². The minimum Gasteiger partial charge on any atom is -0.465 e. The summed E-state index contributed by atoms with van der Waals surface area (Å²) >= 11 is 0. The van der Waals surface area contributed by atoms with Crippen LogP contribution in [-0.4, -0.2) is 23.6 Å². The molecule has 0 saturated heterocycles. The molecule has 82 valence electrons. The fourth-order valence-corrected chi connectivity index (χ4v) is 1.11. The number of carbonyl (C=O) groups excluding carboxylic acids is 1. The predicted molar refractivity (Wildman–Crippen MR) is 52.5 cm³/mol. The van der Waals surface area contributed by atoms with Crippen LogP contribution in [0.1, 0.15) is 12.5 Å². The molecule has 0 aliphatic rings. The lowest BCUT2D eigenvalue weighted by Crippen LogP contribution is -2.34. The first-order valence-electron chi connectivity index (χ1n) is 4.66. The quantitative estimate of drug-likeness (QED) is 0.588. The van der Waals surface area contributed by atoms with E-state index in [2.05, 4.69) is 4.98 Å². The number of carbonyl (C=O) groups is 1. The first-order chi connectivity index (χ1) is 7.13. The minimum absolute atomic E-state index is 0.298. The van der Waals surface area contributed by atoms with Gasteiger partial charge in [0.25, 0.3) is 0 Å². The molecule has 4 nitrogen and oxygen atoms in total. The molecule has 0 fully saturated rings. The summed E-state index contributed by atoms with van der Waals surface area (Å²) in [5.74, 6) is -1.01. The molecule has 0 amide bonds. The van der Waals surface area contributed by atoms with Crippen LogP contribution in [0.3, 0.4) is 0 Å². The Morgan fingerprint density at radius 2 is 2.40 bits per heavy atom. The van der Waals surface area contributed by atoms with E-state index < -0.39 is 18.0 Å². The lowest BCUT2D eigenvalue weighted by atomic mass is 10.1. The van der Waals surface area contributed by atoms with E-state index in [4.69, 9.17) is 10.5 Å². The summed E-state index contributed by atoms with van der Waals surface area (Å²) in [4.78, 5) is 14.6. The van der Waals surface area contributed by atoms with E-state index in [0.29, 0.717) is 18.6 Å². The number of rotatable bonds is 4. The Bertz CT molecular complexity index is 327. The summed E-state index contributed by atoms with van der Waals surface area (Å²) in [5.41, 5.74) is 6.28. The van der Waals surface area contributed by atoms with Gasteiger partial charge in [0.2, 0.25) is 5.95 Å². The SMILES string of the molecule is CCOC(=O)C(N)Cc1ccc(F)nc1. The predicted octanol–water partition coefficient (Wildman–Crippen LogP) is 0.654. The van der Waals surface area contributed by atoms with Gasteiger partial charge in [0.15, 0.2) is 0 Å². The summed E-state index contributed by atoms with van der Waals surface area (Å²) in [6, 6.07) is 2.05. The summed E-state index contributed by atoms with van der Waals surface area (Å²) in [7, 11) is 0. The molecule has 0 aliphatic carbocycles. The largest absolute Gasteiger partial charge is 0.465 e. The van der Waals surface area contributed by atoms with Gasteiger partial charge in [0.05, 0.1) is 6.61 Å². The third-order valence-electron chi connectivity index (χ3n) is 1.83. The molecule has 0 aromatic carbocycles. The van der Waals surface area contributed by atoms with Crippen molar-refractivity contribution in [3.8, 4) is 0 Å². The molecule has 5 heteroatoms. The van der Waals surface area contributed by atoms with Crippen molar-refractivity contribution in [2.75, 3.05) is 6.61 Å². The number of ether oxygens (including phenoxy) is 1. The second kappa shape index (κ2) is 5.41. The molecule has 0 radical (unpaired) electrons. The maximum atomic E-state index is 12.5. The molecule has 1 aromatic heterocycles. The summed E-state index contributed by atoms with van der Waals surface area (Å²) in [5, 5.41) is 0. The topological polar surface area (TPSA) is 65.2 Å². The average molecular weight is 212 g/mol. The van der Waals surface area contributed by atoms with Gasteiger partial charge in [-0.15, -0.1) is 0 Å². The van der Waals surface area contributed by atoms with Crippen LogP contribution >= 0.6 is 0 Å². The Balaban J connectivity index is 2.54. The van der Waals surface area contributed by atoms with Crippen LogP contribution in [0, 0.1) is 5.95 Å². The molecular formula is C10H13FN2O2. The van der Waals surface area contributed by atoms with Crippen LogP contribution in [0.4, 0.5) is 4.39 Å². The molecule has 0 aliphatic heterocycles. The minimum atomic E-state index is -0.725. The van der Waals surface area contributed by atoms with E-state index in [-0.39, 0.29) is 0 Å². The summed E-state index contributed by atoms with van der Waals surface area (Å²) in [6.45, 7) is 2.01. The smallest absolute Gasteiger partial charge is 0.323 e. The van der Waals surface area contributed by atoms with Crippen molar-refractivity contribution in [1.29, 1.82) is 0 Å². The van der Waals surface area contributed by atoms with E-state index in [1.807, 2.05) is 0 Å². The molecule has 1 atom stereocenters. The zero-order valence-corrected chi connectivity index (χ0v) is 8.44. The van der Waals surface area contributed by atoms with E-state index in [1.165, 1.54) is 12.3 Å². The first-order valence-corrected chi connectivity index (χ1v) is 4.66. The van der Waals surface area contributed by atoms with Crippen molar-refractivity contribution >= 4 is 5.97 Å². The number of hydrogen-bond donors (Lipinski definition) is 1. The van der Waals surface area contributed by atoms with Gasteiger partial charge in [-0.2, -0.15) is 4.39 Å². The number of aromatic nitrogens is 1. The number of pyridine rings is 1. The second-order valence-electron chi connectivity index (χ2n) is 3.05. The van der Waals surface area contributed by atoms with Crippen molar-refractivity contribution in [3.05, 3.63) is 29.8 Å². The number of nitrogens with two attached hydrogens (primary N) is 1. The molecule has 2 N–H and O–H groups in total. The monoisotopic (exact) mass is 212 g/mol. The highest BCUT2D eigenvalue weighted by Gasteiger charge is 2.14. The van der Waals surface area contributed by atoms with Gasteiger partial charge in [-0.05, 0) is 25.0 Å². The van der Waals surface area contributed by atoms with Gasteiger partial charge in [-0.25, -0.2) is 4.98 Å². The Hall–Kier alpha value is -1.49. The van der Waals surface area contributed by atoms with Crippen LogP contribution in [0.25, 0.3) is 0 Å². The highest BCUT2D eigenvalue weighted by atomic mass is 19.1. The third kappa shape index (κ3) is 3.63. The maximum Gasteiger partial charge on any atom is 0.323 e. The Morgan fingerprint density at radius 1 is 1.67 bits per heavy atom. The molecule has 1 unspecified atom stereocenters. The molecule has 1 aromatic rings. The fourth-order valence-electron chi connectivity index (χ4n) is 1.11. The summed E-state index contributed by atoms with van der Waals surface area (Å²) < 4.78 is 17.2. The highest BCUT2D eigenvalue weighted by Crippen LogP contribution is 2.03. The molecule has 1 rings (SSSR count). The zero-order valence-electron chi connectivity index (χ0n) is 8.44. The van der Waals surface area contributed by atoms with Crippen molar-refractivity contribution in [3.63, 3.8) is 0 Å². The van der Waals surface area contributed by atoms with Crippen LogP contribution in [-0.2, 0) is 16.0 Å². The summed E-state index contributed by atoms with van der Waals surface area (Å²) in [6.07, 6.45) is 1.65. The molecule has 0 bridgehead atoms. The molecule has 1 heterocycles. The molecule has 0 saturated carbocycles. The lowest BCUT2D eigenvalue weighted by molar-refractivity contribution is -0.144. The fraction of sp³-hybridized carbons (Fsp3) is 0.400. The average Bonchev–Trinajstić information content (AvgIpc) is 2.22. The third-order valence-corrected chi connectivity index (χ3v) is 1.83. The van der Waals surface area contributed by atoms with Crippen molar-refractivity contribution in [2.45, 2.75) is 19.4 Å². The van der Waals surface area contributed by atoms with Crippen molar-refractivity contribution in [2.24, 2.45) is 5.73 Å². The van der Waals surface area contributed by atoms with E-state index in [1.54, 1.807) is 13.0 Å². The van der Waals surface area contributed by atoms with Crippen LogP contribution in [0.2, 0.25) is 0 Å². The van der Waals surface area contributed by atoms with Gasteiger partial charge in [0, 0.05) is 6.20 Å². The van der Waals surface area contributed by atoms with Crippen LogP contribution in [0.15, 0.2) is 18.3 Å². The number of hydrogen-bond acceptors (Lipinski definition) is 4. The van der Waals surface area contributed by atoms with Crippen LogP contribution in [0.5, 0.6) is 0 Å². The van der Waals surface area contributed by atoms with E-state index in [0.717, 1.165) is 0 Å². The van der Waals surface area contributed by atoms with Gasteiger partial charge in [-0.1, -0.05) is 6.07 Å². The zero-order chi connectivity index (χ0) is 11.3. The normalized spacial score (nSPS) is 12.2. The number of halogens is 1. The lowest BCUT2D eigenvalue weighted by Gasteiger charge is -2.09. The second-order valence-corrected chi connectivity index (χ2v) is 3.05. The van der Waals surface area contributed by atoms with E-state index in [9.17, 15) is 9.18 Å². The van der Waals surface area contributed by atoms with Crippen LogP contribution < -0.4 is 5.73 Å². The molecular weight excluding hydrogens is 199 g/mol. The van der Waals surface area contributed by atoms with Crippen molar-refractivity contribution in [1.82, 2.24) is 4.98 Å². The Kier molecular flexibility index (Phi) is 4.17. The van der Waals surface area contributed by atoms with Gasteiger partial charge in [-0.3, -0.25) is 4.79 Å². The number of nitrogens with zero attached hydrogens (tertiary/aromatic N) is 1. The van der Waals surface area contributed by atoms with E-state index >= 15 is 0 Å².